The van der Waals surface area contributed by atoms with Crippen molar-refractivity contribution in [3.8, 4) is 0 Å². The predicted molar refractivity (Wildman–Crippen MR) is 79.7 cm³/mol. The molecular formula is C13H19N5OS. The predicted octanol–water partition coefficient (Wildman–Crippen LogP) is 1.38. The molecule has 2 aromatic heterocycles. The highest BCUT2D eigenvalue weighted by Gasteiger charge is 2.18. The average Bonchev–Trinajstić information content (AvgIpc) is 3.06. The van der Waals surface area contributed by atoms with Crippen LogP contribution in [0.1, 0.15) is 12.5 Å². The van der Waals surface area contributed by atoms with Crippen LogP contribution in [0.15, 0.2) is 24.0 Å². The largest absolute Gasteiger partial charge is 0.301 e. The Morgan fingerprint density at radius 3 is 3.00 bits per heavy atom. The maximum atomic E-state index is 12.1. The molecule has 0 aliphatic rings. The third kappa shape index (κ3) is 3.88. The smallest absolute Gasteiger partial charge is 0.243 e. The lowest BCUT2D eigenvalue weighted by Crippen LogP contribution is -2.40. The number of hydrogen-bond acceptors (Lipinski definition) is 5. The average molecular weight is 293 g/mol. The van der Waals surface area contributed by atoms with E-state index in [1.54, 1.807) is 10.9 Å². The van der Waals surface area contributed by atoms with Gasteiger partial charge in [-0.3, -0.25) is 14.4 Å². The number of rotatable bonds is 6. The highest BCUT2D eigenvalue weighted by Crippen LogP contribution is 2.11. The van der Waals surface area contributed by atoms with Crippen LogP contribution in [0.4, 0.5) is 5.13 Å². The number of aryl methyl sites for hydroxylation is 1. The van der Waals surface area contributed by atoms with E-state index in [1.165, 1.54) is 16.9 Å². The van der Waals surface area contributed by atoms with Crippen molar-refractivity contribution in [2.75, 3.05) is 18.9 Å². The fourth-order valence-electron chi connectivity index (χ4n) is 1.80. The summed E-state index contributed by atoms with van der Waals surface area (Å²) in [5.41, 5.74) is 1.17. The van der Waals surface area contributed by atoms with Gasteiger partial charge in [-0.15, -0.1) is 11.3 Å². The van der Waals surface area contributed by atoms with Crippen LogP contribution in [0.25, 0.3) is 0 Å². The molecule has 7 heteroatoms. The first-order valence-corrected chi connectivity index (χ1v) is 7.32. The van der Waals surface area contributed by atoms with E-state index in [1.807, 2.05) is 43.7 Å². The molecule has 0 aromatic carbocycles. The van der Waals surface area contributed by atoms with Crippen LogP contribution in [0.2, 0.25) is 0 Å². The normalized spacial score (nSPS) is 12.6. The summed E-state index contributed by atoms with van der Waals surface area (Å²) in [5, 5.41) is 9.43. The van der Waals surface area contributed by atoms with Gasteiger partial charge in [0.25, 0.3) is 0 Å². The Labute approximate surface area is 122 Å². The summed E-state index contributed by atoms with van der Waals surface area (Å²) < 4.78 is 1.79. The second-order valence-corrected chi connectivity index (χ2v) is 5.65. The molecule has 1 amide bonds. The van der Waals surface area contributed by atoms with Crippen molar-refractivity contribution in [1.29, 1.82) is 0 Å². The van der Waals surface area contributed by atoms with Crippen LogP contribution in [0.5, 0.6) is 0 Å². The summed E-state index contributed by atoms with van der Waals surface area (Å²) in [6, 6.07) is -0.199. The van der Waals surface area contributed by atoms with Crippen molar-refractivity contribution in [1.82, 2.24) is 19.7 Å². The molecule has 1 unspecified atom stereocenters. The van der Waals surface area contributed by atoms with Gasteiger partial charge in [0.05, 0.1) is 12.2 Å². The molecule has 20 heavy (non-hydrogen) atoms. The zero-order valence-corrected chi connectivity index (χ0v) is 12.7. The number of nitrogens with one attached hydrogen (secondary N) is 1. The highest BCUT2D eigenvalue weighted by atomic mass is 32.1. The number of likely N-dealkylation sites (N-methyl/N-ethyl adjacent to an activating group) is 1. The first-order chi connectivity index (χ1) is 9.56. The summed E-state index contributed by atoms with van der Waals surface area (Å²) in [6.07, 6.45) is 6.40. The van der Waals surface area contributed by atoms with Gasteiger partial charge in [-0.05, 0) is 26.0 Å². The Morgan fingerprint density at radius 1 is 1.60 bits per heavy atom. The Hall–Kier alpha value is -1.73. The third-order valence-corrected chi connectivity index (χ3v) is 3.90. The SMILES string of the molecule is CC(C(=O)Nc1nccs1)N(C)CCc1cnn(C)c1. The minimum Gasteiger partial charge on any atom is -0.301 e. The number of hydrogen-bond donors (Lipinski definition) is 1. The van der Waals surface area contributed by atoms with Gasteiger partial charge in [0.2, 0.25) is 5.91 Å². The Morgan fingerprint density at radius 2 is 2.40 bits per heavy atom. The molecular weight excluding hydrogens is 274 g/mol. The zero-order chi connectivity index (χ0) is 14.5. The minimum absolute atomic E-state index is 0.0337. The molecule has 2 aromatic rings. The topological polar surface area (TPSA) is 63.1 Å². The maximum absolute atomic E-state index is 12.1. The molecule has 0 bridgehead atoms. The number of carbonyl (C=O) groups excluding carboxylic acids is 1. The maximum Gasteiger partial charge on any atom is 0.243 e. The van der Waals surface area contributed by atoms with Crippen LogP contribution in [-0.2, 0) is 18.3 Å². The number of nitrogens with zero attached hydrogens (tertiary/aromatic N) is 4. The van der Waals surface area contributed by atoms with Crippen molar-refractivity contribution in [2.24, 2.45) is 7.05 Å². The van der Waals surface area contributed by atoms with Crippen LogP contribution >= 0.6 is 11.3 Å². The van der Waals surface area contributed by atoms with E-state index in [0.717, 1.165) is 13.0 Å². The molecule has 2 rings (SSSR count). The monoisotopic (exact) mass is 293 g/mol. The summed E-state index contributed by atoms with van der Waals surface area (Å²) in [5.74, 6) is -0.0337. The van der Waals surface area contributed by atoms with Crippen LogP contribution in [0, 0.1) is 0 Å². The Bertz CT molecular complexity index is 551. The number of carbonyl (C=O) groups is 1. The van der Waals surface area contributed by atoms with Gasteiger partial charge in [0.15, 0.2) is 5.13 Å². The van der Waals surface area contributed by atoms with E-state index >= 15 is 0 Å². The van der Waals surface area contributed by atoms with Crippen molar-refractivity contribution >= 4 is 22.4 Å². The summed E-state index contributed by atoms with van der Waals surface area (Å²) in [7, 11) is 3.85. The van der Waals surface area contributed by atoms with E-state index < -0.39 is 0 Å². The highest BCUT2D eigenvalue weighted by molar-refractivity contribution is 7.13. The van der Waals surface area contributed by atoms with Crippen molar-refractivity contribution in [3.05, 3.63) is 29.5 Å². The van der Waals surface area contributed by atoms with Crippen LogP contribution in [-0.4, -0.2) is 45.2 Å². The fraction of sp³-hybridized carbons (Fsp3) is 0.462. The van der Waals surface area contributed by atoms with Gasteiger partial charge in [-0.1, -0.05) is 0 Å². The first-order valence-electron chi connectivity index (χ1n) is 6.44. The second-order valence-electron chi connectivity index (χ2n) is 4.76. The summed E-state index contributed by atoms with van der Waals surface area (Å²) in [4.78, 5) is 18.1. The summed E-state index contributed by atoms with van der Waals surface area (Å²) >= 11 is 1.42. The van der Waals surface area contributed by atoms with Gasteiger partial charge in [0.1, 0.15) is 0 Å². The Kier molecular flexibility index (Phi) is 4.86. The third-order valence-electron chi connectivity index (χ3n) is 3.21. The number of aromatic nitrogens is 3. The number of thiazole rings is 1. The lowest BCUT2D eigenvalue weighted by atomic mass is 10.2. The molecule has 0 saturated heterocycles. The molecule has 1 N–H and O–H groups in total. The molecule has 6 nitrogen and oxygen atoms in total. The van der Waals surface area contributed by atoms with E-state index in [4.69, 9.17) is 0 Å². The van der Waals surface area contributed by atoms with Gasteiger partial charge in [-0.25, -0.2) is 4.98 Å². The molecule has 0 fully saturated rings. The van der Waals surface area contributed by atoms with Crippen LogP contribution < -0.4 is 5.32 Å². The zero-order valence-electron chi connectivity index (χ0n) is 11.9. The molecule has 0 spiro atoms. The summed E-state index contributed by atoms with van der Waals surface area (Å²) in [6.45, 7) is 2.70. The van der Waals surface area contributed by atoms with Crippen LogP contribution in [0.3, 0.4) is 0 Å². The molecule has 2 heterocycles. The van der Waals surface area contributed by atoms with E-state index in [2.05, 4.69) is 15.4 Å². The number of amides is 1. The standard InChI is InChI=1S/C13H19N5OS/c1-10(12(19)16-13-14-5-7-20-13)17(2)6-4-11-8-15-18(3)9-11/h5,7-10H,4,6H2,1-3H3,(H,14,16,19). The molecule has 0 aliphatic carbocycles. The van der Waals surface area contributed by atoms with Gasteiger partial charge in [-0.2, -0.15) is 5.10 Å². The molecule has 0 aliphatic heterocycles. The van der Waals surface area contributed by atoms with Crippen molar-refractivity contribution in [2.45, 2.75) is 19.4 Å². The molecule has 0 saturated carbocycles. The van der Waals surface area contributed by atoms with Gasteiger partial charge in [0, 0.05) is 31.4 Å². The van der Waals surface area contributed by atoms with E-state index in [-0.39, 0.29) is 11.9 Å². The van der Waals surface area contributed by atoms with Crippen molar-refractivity contribution in [3.63, 3.8) is 0 Å². The molecule has 108 valence electrons. The van der Waals surface area contributed by atoms with E-state index in [9.17, 15) is 4.79 Å². The molecule has 0 radical (unpaired) electrons. The lowest BCUT2D eigenvalue weighted by Gasteiger charge is -2.23. The Balaban J connectivity index is 1.81. The first kappa shape index (κ1) is 14.7. The second kappa shape index (κ2) is 6.62. The fourth-order valence-corrected chi connectivity index (χ4v) is 2.33. The number of anilines is 1. The quantitative estimate of drug-likeness (QED) is 0.874. The van der Waals surface area contributed by atoms with Gasteiger partial charge < -0.3 is 5.32 Å². The molecule has 1 atom stereocenters. The minimum atomic E-state index is -0.199. The van der Waals surface area contributed by atoms with Gasteiger partial charge >= 0.3 is 0 Å². The lowest BCUT2D eigenvalue weighted by molar-refractivity contribution is -0.120. The van der Waals surface area contributed by atoms with Crippen molar-refractivity contribution < 1.29 is 4.79 Å². The van der Waals surface area contributed by atoms with E-state index in [0.29, 0.717) is 5.13 Å².